The molecule has 0 radical (unpaired) electrons. The standard InChI is InChI=1S/C22H40.C13H26/c1-4-6-9-20-16(3)15-19-8-7-10-21(19)22(20)18-13-11-17(5-2)12-14-18;1-5-11-9-13(7-3)12(6-2)8-10(11)4/h16-22H,4-15H2,1-3H3;10-13H,5-9H2,1-4H3. The summed E-state index contributed by atoms with van der Waals surface area (Å²) in [6, 6.07) is 0. The maximum Gasteiger partial charge on any atom is -0.0324 e. The summed E-state index contributed by atoms with van der Waals surface area (Å²) in [5.41, 5.74) is 0. The van der Waals surface area contributed by atoms with Gasteiger partial charge in [-0.1, -0.05) is 113 Å². The Kier molecular flexibility index (Phi) is 12.5. The van der Waals surface area contributed by atoms with E-state index in [0.717, 1.165) is 65.1 Å². The SMILES string of the molecule is CCC1CC(CC)C(CC)CC1C.CCCCC1C(C)CC2CCCC2C1C1CCC(CC)CC1. The second kappa shape index (κ2) is 14.8. The Morgan fingerprint density at radius 2 is 1.23 bits per heavy atom. The van der Waals surface area contributed by atoms with Gasteiger partial charge in [0.15, 0.2) is 0 Å². The highest BCUT2D eigenvalue weighted by Gasteiger charge is 2.47. The number of rotatable bonds is 8. The van der Waals surface area contributed by atoms with Gasteiger partial charge < -0.3 is 0 Å². The molecule has 9 atom stereocenters. The molecule has 4 fully saturated rings. The summed E-state index contributed by atoms with van der Waals surface area (Å²) < 4.78 is 0. The number of unbranched alkanes of at least 4 members (excludes halogenated alkanes) is 1. The third kappa shape index (κ3) is 7.53. The zero-order valence-electron chi connectivity index (χ0n) is 25.4. The lowest BCUT2D eigenvalue weighted by Gasteiger charge is -2.49. The first-order valence-electron chi connectivity index (χ1n) is 17.0. The van der Waals surface area contributed by atoms with Crippen LogP contribution in [0.4, 0.5) is 0 Å². The summed E-state index contributed by atoms with van der Waals surface area (Å²) >= 11 is 0. The van der Waals surface area contributed by atoms with Gasteiger partial charge in [0.05, 0.1) is 0 Å². The fourth-order valence-corrected chi connectivity index (χ4v) is 10.1. The molecule has 206 valence electrons. The van der Waals surface area contributed by atoms with E-state index < -0.39 is 0 Å². The average Bonchev–Trinajstić information content (AvgIpc) is 3.35. The molecule has 4 saturated carbocycles. The number of fused-ring (bicyclic) bond motifs is 1. The van der Waals surface area contributed by atoms with Crippen LogP contribution < -0.4 is 0 Å². The lowest BCUT2D eigenvalue weighted by atomic mass is 9.56. The maximum atomic E-state index is 2.61. The van der Waals surface area contributed by atoms with Crippen LogP contribution in [-0.2, 0) is 0 Å². The molecule has 0 amide bonds. The van der Waals surface area contributed by atoms with Crippen LogP contribution in [-0.4, -0.2) is 0 Å². The molecule has 0 aromatic heterocycles. The Morgan fingerprint density at radius 3 is 1.83 bits per heavy atom. The fraction of sp³-hybridized carbons (Fsp3) is 1.00. The molecule has 4 aliphatic rings. The van der Waals surface area contributed by atoms with Crippen LogP contribution in [0.25, 0.3) is 0 Å². The van der Waals surface area contributed by atoms with Gasteiger partial charge in [-0.25, -0.2) is 0 Å². The molecule has 4 aliphatic carbocycles. The molecule has 0 bridgehead atoms. The normalized spacial score (nSPS) is 43.8. The Morgan fingerprint density at radius 1 is 0.571 bits per heavy atom. The molecule has 0 heteroatoms. The maximum absolute atomic E-state index is 2.61. The van der Waals surface area contributed by atoms with E-state index in [1.165, 1.54) is 51.4 Å². The number of hydrogen-bond acceptors (Lipinski definition) is 0. The van der Waals surface area contributed by atoms with Crippen molar-refractivity contribution in [3.63, 3.8) is 0 Å². The summed E-state index contributed by atoms with van der Waals surface area (Å²) in [6.45, 7) is 17.0. The van der Waals surface area contributed by atoms with Crippen LogP contribution in [0, 0.1) is 65.1 Å². The second-order valence-corrected chi connectivity index (χ2v) is 14.1. The van der Waals surface area contributed by atoms with Gasteiger partial charge in [0, 0.05) is 0 Å². The molecule has 4 rings (SSSR count). The van der Waals surface area contributed by atoms with Gasteiger partial charge in [0.1, 0.15) is 0 Å². The predicted molar refractivity (Wildman–Crippen MR) is 157 cm³/mol. The first kappa shape index (κ1) is 29.6. The van der Waals surface area contributed by atoms with Gasteiger partial charge in [-0.3, -0.25) is 0 Å². The molecular weight excluding hydrogens is 420 g/mol. The summed E-state index contributed by atoms with van der Waals surface area (Å²) in [6.07, 6.45) is 25.5. The van der Waals surface area contributed by atoms with Crippen molar-refractivity contribution < 1.29 is 0 Å². The Hall–Kier alpha value is 0. The molecule has 0 saturated heterocycles. The molecular formula is C35H66. The van der Waals surface area contributed by atoms with Crippen LogP contribution >= 0.6 is 0 Å². The van der Waals surface area contributed by atoms with Crippen LogP contribution in [0.15, 0.2) is 0 Å². The predicted octanol–water partition coefficient (Wildman–Crippen LogP) is 11.6. The summed E-state index contributed by atoms with van der Waals surface area (Å²) in [5.74, 6) is 11.7. The largest absolute Gasteiger partial charge is 0.0654 e. The quantitative estimate of drug-likeness (QED) is 0.320. The highest BCUT2D eigenvalue weighted by molar-refractivity contribution is 4.97. The molecule has 0 aromatic carbocycles. The highest BCUT2D eigenvalue weighted by atomic mass is 14.5. The summed E-state index contributed by atoms with van der Waals surface area (Å²) in [5, 5.41) is 0. The minimum Gasteiger partial charge on any atom is -0.0654 e. The van der Waals surface area contributed by atoms with Gasteiger partial charge in [0.25, 0.3) is 0 Å². The van der Waals surface area contributed by atoms with Crippen molar-refractivity contribution in [1.29, 1.82) is 0 Å². The third-order valence-electron chi connectivity index (χ3n) is 12.3. The van der Waals surface area contributed by atoms with Crippen molar-refractivity contribution >= 4 is 0 Å². The monoisotopic (exact) mass is 487 g/mol. The van der Waals surface area contributed by atoms with Gasteiger partial charge in [-0.15, -0.1) is 0 Å². The summed E-state index contributed by atoms with van der Waals surface area (Å²) in [4.78, 5) is 0. The molecule has 0 aliphatic heterocycles. The molecule has 0 spiro atoms. The molecule has 0 nitrogen and oxygen atoms in total. The minimum absolute atomic E-state index is 0.984. The first-order chi connectivity index (χ1) is 17.0. The molecule has 35 heavy (non-hydrogen) atoms. The number of hydrogen-bond donors (Lipinski definition) is 0. The van der Waals surface area contributed by atoms with E-state index in [0.29, 0.717) is 0 Å². The van der Waals surface area contributed by atoms with E-state index in [1.54, 1.807) is 57.8 Å². The van der Waals surface area contributed by atoms with Crippen LogP contribution in [0.5, 0.6) is 0 Å². The molecule has 9 unspecified atom stereocenters. The lowest BCUT2D eigenvalue weighted by molar-refractivity contribution is -0.00258. The third-order valence-corrected chi connectivity index (χ3v) is 12.3. The van der Waals surface area contributed by atoms with Crippen LogP contribution in [0.3, 0.4) is 0 Å². The van der Waals surface area contributed by atoms with Gasteiger partial charge in [-0.2, -0.15) is 0 Å². The van der Waals surface area contributed by atoms with Crippen LogP contribution in [0.1, 0.15) is 158 Å². The average molecular weight is 487 g/mol. The highest BCUT2D eigenvalue weighted by Crippen LogP contribution is 2.56. The molecule has 0 N–H and O–H groups in total. The van der Waals surface area contributed by atoms with E-state index in [2.05, 4.69) is 48.5 Å². The van der Waals surface area contributed by atoms with E-state index in [-0.39, 0.29) is 0 Å². The fourth-order valence-electron chi connectivity index (χ4n) is 10.1. The van der Waals surface area contributed by atoms with Crippen molar-refractivity contribution in [3.05, 3.63) is 0 Å². The van der Waals surface area contributed by atoms with Crippen molar-refractivity contribution in [2.45, 2.75) is 158 Å². The Labute approximate surface area is 222 Å². The van der Waals surface area contributed by atoms with Crippen molar-refractivity contribution in [2.75, 3.05) is 0 Å². The minimum atomic E-state index is 0.984. The zero-order chi connectivity index (χ0) is 25.4. The van der Waals surface area contributed by atoms with E-state index >= 15 is 0 Å². The molecule has 0 aromatic rings. The van der Waals surface area contributed by atoms with Crippen molar-refractivity contribution in [3.8, 4) is 0 Å². The first-order valence-corrected chi connectivity index (χ1v) is 17.0. The van der Waals surface area contributed by atoms with Crippen molar-refractivity contribution in [1.82, 2.24) is 0 Å². The summed E-state index contributed by atoms with van der Waals surface area (Å²) in [7, 11) is 0. The smallest absolute Gasteiger partial charge is 0.0324 e. The zero-order valence-corrected chi connectivity index (χ0v) is 25.4. The van der Waals surface area contributed by atoms with Gasteiger partial charge in [-0.05, 0) is 110 Å². The van der Waals surface area contributed by atoms with E-state index in [4.69, 9.17) is 0 Å². The van der Waals surface area contributed by atoms with Gasteiger partial charge in [0.2, 0.25) is 0 Å². The van der Waals surface area contributed by atoms with E-state index in [9.17, 15) is 0 Å². The topological polar surface area (TPSA) is 0 Å². The Bertz CT molecular complexity index is 556. The lowest BCUT2D eigenvalue weighted by Crippen LogP contribution is -2.42. The second-order valence-electron chi connectivity index (χ2n) is 14.1. The van der Waals surface area contributed by atoms with Gasteiger partial charge >= 0.3 is 0 Å². The molecule has 0 heterocycles. The van der Waals surface area contributed by atoms with Crippen molar-refractivity contribution in [2.24, 2.45) is 65.1 Å². The van der Waals surface area contributed by atoms with Crippen LogP contribution in [0.2, 0.25) is 0 Å². The van der Waals surface area contributed by atoms with E-state index in [1.807, 2.05) is 0 Å². The Balaban J connectivity index is 0.000000225.